The molecule has 0 fully saturated rings. The summed E-state index contributed by atoms with van der Waals surface area (Å²) in [6.07, 6.45) is 1.31. The van der Waals surface area contributed by atoms with Gasteiger partial charge in [-0.2, -0.15) is 0 Å². The number of fused-ring (bicyclic) bond motifs is 1. The van der Waals surface area contributed by atoms with Crippen molar-refractivity contribution < 1.29 is 23.9 Å². The third-order valence-corrected chi connectivity index (χ3v) is 7.49. The summed E-state index contributed by atoms with van der Waals surface area (Å²) in [6.45, 7) is 5.14. The highest BCUT2D eigenvalue weighted by molar-refractivity contribution is 6.55. The number of aryl methyl sites for hydroxylation is 2. The Bertz CT molecular complexity index is 1180. The lowest BCUT2D eigenvalue weighted by molar-refractivity contribution is -0.151. The van der Waals surface area contributed by atoms with Crippen molar-refractivity contribution in [2.45, 2.75) is 46.1 Å². The molecule has 0 spiro atoms. The highest BCUT2D eigenvalue weighted by Crippen LogP contribution is 2.45. The van der Waals surface area contributed by atoms with Gasteiger partial charge in [-0.05, 0) is 43.5 Å². The molecule has 186 valence electrons. The van der Waals surface area contributed by atoms with E-state index in [1.807, 2.05) is 26.8 Å². The highest BCUT2D eigenvalue weighted by Gasteiger charge is 2.47. The van der Waals surface area contributed by atoms with Crippen LogP contribution in [-0.2, 0) is 14.3 Å². The lowest BCUT2D eigenvalue weighted by Gasteiger charge is -2.24. The maximum Gasteiger partial charge on any atom is 0.329 e. The number of ether oxygens (including phenoxy) is 1. The number of hydrogen-bond acceptors (Lipinski definition) is 5. The van der Waals surface area contributed by atoms with Gasteiger partial charge < -0.3 is 10.1 Å². The van der Waals surface area contributed by atoms with Crippen LogP contribution in [0.3, 0.4) is 0 Å². The predicted molar refractivity (Wildman–Crippen MR) is 136 cm³/mol. The van der Waals surface area contributed by atoms with Crippen molar-refractivity contribution in [1.82, 2.24) is 4.90 Å². The zero-order valence-electron chi connectivity index (χ0n) is 19.1. The number of imide groups is 1. The summed E-state index contributed by atoms with van der Waals surface area (Å²) in [5.41, 5.74) is 2.16. The molecule has 0 aliphatic carbocycles. The van der Waals surface area contributed by atoms with Gasteiger partial charge in [0, 0.05) is 5.69 Å². The van der Waals surface area contributed by atoms with E-state index in [1.54, 1.807) is 12.1 Å². The number of benzene rings is 2. The number of carbonyl (C=O) groups is 4. The van der Waals surface area contributed by atoms with E-state index in [0.29, 0.717) is 18.5 Å². The zero-order chi connectivity index (χ0) is 26.0. The molecule has 0 radical (unpaired) electrons. The first-order chi connectivity index (χ1) is 16.5. The summed E-state index contributed by atoms with van der Waals surface area (Å²) in [4.78, 5) is 52.4. The molecular formula is C24H22Cl4N2O5. The van der Waals surface area contributed by atoms with Crippen LogP contribution in [0.25, 0.3) is 0 Å². The second kappa shape index (κ2) is 11.2. The van der Waals surface area contributed by atoms with Gasteiger partial charge >= 0.3 is 5.97 Å². The van der Waals surface area contributed by atoms with E-state index in [1.165, 1.54) is 0 Å². The maximum absolute atomic E-state index is 13.2. The van der Waals surface area contributed by atoms with Gasteiger partial charge in [0.1, 0.15) is 6.04 Å². The molecule has 1 N–H and O–H groups in total. The van der Waals surface area contributed by atoms with Crippen LogP contribution in [0.5, 0.6) is 0 Å². The number of hydrogen-bond donors (Lipinski definition) is 1. The average Bonchev–Trinajstić information content (AvgIpc) is 3.08. The minimum atomic E-state index is -1.29. The number of amides is 3. The minimum Gasteiger partial charge on any atom is -0.454 e. The van der Waals surface area contributed by atoms with Gasteiger partial charge in [0.25, 0.3) is 17.7 Å². The quantitative estimate of drug-likeness (QED) is 0.178. The van der Waals surface area contributed by atoms with Crippen molar-refractivity contribution in [3.63, 3.8) is 0 Å². The lowest BCUT2D eigenvalue weighted by Crippen LogP contribution is -2.46. The Kier molecular flexibility index (Phi) is 8.70. The Morgan fingerprint density at radius 3 is 2.03 bits per heavy atom. The van der Waals surface area contributed by atoms with E-state index in [-0.39, 0.29) is 37.6 Å². The van der Waals surface area contributed by atoms with Crippen molar-refractivity contribution in [2.24, 2.45) is 0 Å². The summed E-state index contributed by atoms with van der Waals surface area (Å²) in [5, 5.41) is 1.85. The second-order valence-corrected chi connectivity index (χ2v) is 9.61. The van der Waals surface area contributed by atoms with Crippen LogP contribution >= 0.6 is 46.4 Å². The Labute approximate surface area is 222 Å². The molecule has 0 saturated heterocycles. The Balaban J connectivity index is 1.80. The van der Waals surface area contributed by atoms with Gasteiger partial charge in [0.05, 0.1) is 31.2 Å². The van der Waals surface area contributed by atoms with Gasteiger partial charge in [0.15, 0.2) is 6.61 Å². The van der Waals surface area contributed by atoms with E-state index in [0.717, 1.165) is 16.0 Å². The molecule has 1 atom stereocenters. The zero-order valence-corrected chi connectivity index (χ0v) is 22.2. The average molecular weight is 560 g/mol. The molecule has 3 amide bonds. The van der Waals surface area contributed by atoms with Gasteiger partial charge in [0.2, 0.25) is 0 Å². The second-order valence-electron chi connectivity index (χ2n) is 8.10. The fraction of sp³-hybridized carbons (Fsp3) is 0.333. The van der Waals surface area contributed by atoms with Crippen molar-refractivity contribution >= 4 is 75.8 Å². The Morgan fingerprint density at radius 1 is 0.943 bits per heavy atom. The van der Waals surface area contributed by atoms with E-state index >= 15 is 0 Å². The fourth-order valence-electron chi connectivity index (χ4n) is 3.65. The molecule has 1 aliphatic rings. The number of halogens is 4. The molecule has 0 aromatic heterocycles. The SMILES string of the molecule is CCCC[C@@H](C(=O)OCC(=O)Nc1ccc(C)c(C)c1)N1C(=O)c2c(Cl)c(Cl)c(Cl)c(Cl)c2C1=O. The van der Waals surface area contributed by atoms with Crippen molar-refractivity contribution in [3.8, 4) is 0 Å². The van der Waals surface area contributed by atoms with E-state index in [9.17, 15) is 19.2 Å². The third kappa shape index (κ3) is 5.43. The molecule has 0 saturated carbocycles. The monoisotopic (exact) mass is 558 g/mol. The van der Waals surface area contributed by atoms with Crippen LogP contribution in [0, 0.1) is 13.8 Å². The normalized spacial score (nSPS) is 13.6. The van der Waals surface area contributed by atoms with Crippen LogP contribution in [-0.4, -0.2) is 41.2 Å². The molecule has 3 rings (SSSR count). The first-order valence-electron chi connectivity index (χ1n) is 10.8. The van der Waals surface area contributed by atoms with Crippen LogP contribution < -0.4 is 5.32 Å². The Hall–Kier alpha value is -2.32. The van der Waals surface area contributed by atoms with Gasteiger partial charge in [-0.3, -0.25) is 19.3 Å². The number of carbonyl (C=O) groups excluding carboxylic acids is 4. The predicted octanol–water partition coefficient (Wildman–Crippen LogP) is 6.25. The van der Waals surface area contributed by atoms with Crippen LogP contribution in [0.1, 0.15) is 58.0 Å². The number of nitrogens with one attached hydrogen (secondary N) is 1. The maximum atomic E-state index is 13.2. The van der Waals surface area contributed by atoms with E-state index < -0.39 is 36.3 Å². The van der Waals surface area contributed by atoms with Crippen molar-refractivity contribution in [1.29, 1.82) is 0 Å². The molecule has 1 aliphatic heterocycles. The summed E-state index contributed by atoms with van der Waals surface area (Å²) >= 11 is 24.5. The molecule has 2 aromatic rings. The van der Waals surface area contributed by atoms with Crippen molar-refractivity contribution in [3.05, 3.63) is 60.5 Å². The standard InChI is InChI=1S/C24H22Cl4N2O5/c1-4-5-6-14(24(34)35-10-15(31)29-13-8-7-11(2)12(3)9-13)30-22(32)16-17(23(30)33)19(26)21(28)20(27)18(16)25/h7-9,14H,4-6,10H2,1-3H3,(H,29,31)/t14-/m0/s1. The number of anilines is 1. The van der Waals surface area contributed by atoms with Crippen LogP contribution in [0.2, 0.25) is 20.1 Å². The number of rotatable bonds is 8. The summed E-state index contributed by atoms with van der Waals surface area (Å²) < 4.78 is 5.19. The van der Waals surface area contributed by atoms with E-state index in [2.05, 4.69) is 5.32 Å². The fourth-order valence-corrected chi connectivity index (χ4v) is 4.66. The van der Waals surface area contributed by atoms with Gasteiger partial charge in [-0.25, -0.2) is 4.79 Å². The minimum absolute atomic E-state index is 0.121. The number of nitrogens with zero attached hydrogens (tertiary/aromatic N) is 1. The molecule has 1 heterocycles. The Morgan fingerprint density at radius 2 is 1.51 bits per heavy atom. The van der Waals surface area contributed by atoms with Crippen LogP contribution in [0.4, 0.5) is 5.69 Å². The topological polar surface area (TPSA) is 92.8 Å². The first-order valence-corrected chi connectivity index (χ1v) is 12.3. The molecule has 35 heavy (non-hydrogen) atoms. The van der Waals surface area contributed by atoms with Gasteiger partial charge in [-0.15, -0.1) is 0 Å². The first kappa shape index (κ1) is 27.3. The molecule has 0 bridgehead atoms. The third-order valence-electron chi connectivity index (χ3n) is 5.68. The van der Waals surface area contributed by atoms with Crippen molar-refractivity contribution in [2.75, 3.05) is 11.9 Å². The molecule has 7 nitrogen and oxygen atoms in total. The summed E-state index contributed by atoms with van der Waals surface area (Å²) in [6, 6.07) is 4.09. The largest absolute Gasteiger partial charge is 0.454 e. The number of esters is 1. The lowest BCUT2D eigenvalue weighted by atomic mass is 10.1. The molecule has 0 unspecified atom stereocenters. The smallest absolute Gasteiger partial charge is 0.329 e. The molecule has 11 heteroatoms. The molecular weight excluding hydrogens is 538 g/mol. The molecule has 2 aromatic carbocycles. The van der Waals surface area contributed by atoms with Crippen LogP contribution in [0.15, 0.2) is 18.2 Å². The summed E-state index contributed by atoms with van der Waals surface area (Å²) in [7, 11) is 0. The summed E-state index contributed by atoms with van der Waals surface area (Å²) in [5.74, 6) is -3.16. The highest BCUT2D eigenvalue weighted by atomic mass is 35.5. The van der Waals surface area contributed by atoms with E-state index in [4.69, 9.17) is 51.1 Å². The van der Waals surface area contributed by atoms with Gasteiger partial charge in [-0.1, -0.05) is 72.2 Å². The number of unbranched alkanes of at least 4 members (excludes halogenated alkanes) is 1.